The predicted molar refractivity (Wildman–Crippen MR) is 119 cm³/mol. The number of carbonyl (C=O) groups is 2. The molecule has 0 radical (unpaired) electrons. The van der Waals surface area contributed by atoms with Crippen LogP contribution in [-0.2, 0) is 20.0 Å². The topological polar surface area (TPSA) is 92.8 Å². The van der Waals surface area contributed by atoms with Crippen molar-refractivity contribution in [2.75, 3.05) is 16.4 Å². The molecule has 2 aromatic rings. The number of nitrogens with one attached hydrogen (secondary N) is 1. The molecule has 0 spiro atoms. The molecule has 4 rings (SSSR count). The number of nitrogens with zero attached hydrogens (tertiary/aromatic N) is 1. The highest BCUT2D eigenvalue weighted by Crippen LogP contribution is 2.46. The van der Waals surface area contributed by atoms with Gasteiger partial charge in [-0.1, -0.05) is 13.0 Å². The van der Waals surface area contributed by atoms with E-state index in [1.54, 1.807) is 45.0 Å². The van der Waals surface area contributed by atoms with E-state index in [4.69, 9.17) is 0 Å². The van der Waals surface area contributed by atoms with Gasteiger partial charge < -0.3 is 10.1 Å². The Kier molecular flexibility index (Phi) is 5.68. The van der Waals surface area contributed by atoms with Gasteiger partial charge in [0, 0.05) is 17.7 Å². The number of amides is 2. The molecular weight excluding hydrogens is 454 g/mol. The van der Waals surface area contributed by atoms with E-state index in [-0.39, 0.29) is 29.1 Å². The van der Waals surface area contributed by atoms with Crippen LogP contribution in [0.15, 0.2) is 42.5 Å². The monoisotopic (exact) mass is 478 g/mol. The van der Waals surface area contributed by atoms with Gasteiger partial charge in [0.05, 0.1) is 28.3 Å². The van der Waals surface area contributed by atoms with Gasteiger partial charge in [-0.25, -0.2) is 8.42 Å². The molecule has 0 saturated carbocycles. The molecule has 1 fully saturated rings. The van der Waals surface area contributed by atoms with Crippen LogP contribution in [0.1, 0.15) is 36.7 Å². The number of rotatable bonds is 5. The van der Waals surface area contributed by atoms with Gasteiger partial charge in [-0.3, -0.25) is 14.5 Å². The first kappa shape index (κ1) is 23.2. The molecule has 0 unspecified atom stereocenters. The molecule has 2 amide bonds. The molecule has 2 aliphatic rings. The van der Waals surface area contributed by atoms with Gasteiger partial charge in [-0.15, -0.1) is 0 Å². The molecule has 2 aliphatic heterocycles. The highest BCUT2D eigenvalue weighted by atomic mass is 32.2. The van der Waals surface area contributed by atoms with E-state index in [1.807, 2.05) is 0 Å². The predicted octanol–water partition coefficient (Wildman–Crippen LogP) is 3.41. The minimum absolute atomic E-state index is 0.0347. The van der Waals surface area contributed by atoms with E-state index in [2.05, 4.69) is 10.1 Å². The lowest BCUT2D eigenvalue weighted by atomic mass is 9.85. The second-order valence-corrected chi connectivity index (χ2v) is 11.2. The molecule has 0 bridgehead atoms. The molecule has 1 saturated heterocycles. The molecule has 33 heavy (non-hydrogen) atoms. The molecule has 7 nitrogen and oxygen atoms in total. The Morgan fingerprint density at radius 3 is 2.55 bits per heavy atom. The number of hydrogen-bond acceptors (Lipinski definition) is 5. The van der Waals surface area contributed by atoms with Crippen molar-refractivity contribution in [2.45, 2.75) is 38.8 Å². The molecule has 2 aromatic carbocycles. The standard InChI is InChI=1S/C23H24F2N2O5S/c1-13-11-33(30,31)12-18(13)26-20(28)14-7-8-19-17(9-14)23(2,3)21(29)27(19)15-5-4-6-16(10-15)32-22(24)25/h4-10,13,18,22H,11-12H2,1-3H3,(H,26,28)/t13-,18+/m1/s1. The number of fused-ring (bicyclic) bond motifs is 1. The number of ether oxygens (including phenoxy) is 1. The molecule has 2 heterocycles. The van der Waals surface area contributed by atoms with E-state index in [1.165, 1.54) is 23.1 Å². The minimum Gasteiger partial charge on any atom is -0.435 e. The third kappa shape index (κ3) is 4.31. The summed E-state index contributed by atoms with van der Waals surface area (Å²) < 4.78 is 53.4. The SMILES string of the molecule is C[C@@H]1CS(=O)(=O)C[C@@H]1NC(=O)c1ccc2c(c1)C(C)(C)C(=O)N2c1cccc(OC(F)F)c1. The van der Waals surface area contributed by atoms with Crippen molar-refractivity contribution in [2.24, 2.45) is 5.92 Å². The zero-order valence-corrected chi connectivity index (χ0v) is 19.2. The van der Waals surface area contributed by atoms with E-state index in [0.717, 1.165) is 0 Å². The quantitative estimate of drug-likeness (QED) is 0.711. The van der Waals surface area contributed by atoms with Crippen molar-refractivity contribution in [3.8, 4) is 5.75 Å². The minimum atomic E-state index is -3.18. The van der Waals surface area contributed by atoms with Gasteiger partial charge >= 0.3 is 6.61 Å². The molecule has 2 atom stereocenters. The molecular formula is C23H24F2N2O5S. The van der Waals surface area contributed by atoms with Gasteiger partial charge in [0.25, 0.3) is 5.91 Å². The number of alkyl halides is 2. The molecule has 0 aromatic heterocycles. The second-order valence-electron chi connectivity index (χ2n) is 9.01. The van der Waals surface area contributed by atoms with Crippen molar-refractivity contribution in [1.82, 2.24) is 5.32 Å². The third-order valence-electron chi connectivity index (χ3n) is 6.17. The van der Waals surface area contributed by atoms with Crippen LogP contribution < -0.4 is 15.0 Å². The first-order valence-electron chi connectivity index (χ1n) is 10.4. The smallest absolute Gasteiger partial charge is 0.387 e. The lowest BCUT2D eigenvalue weighted by molar-refractivity contribution is -0.121. The third-order valence-corrected chi connectivity index (χ3v) is 8.07. The Labute approximate surface area is 190 Å². The van der Waals surface area contributed by atoms with Crippen LogP contribution >= 0.6 is 0 Å². The lowest BCUT2D eigenvalue weighted by Crippen LogP contribution is -2.39. The number of sulfone groups is 1. The average Bonchev–Trinajstić information content (AvgIpc) is 3.09. The summed E-state index contributed by atoms with van der Waals surface area (Å²) in [6, 6.07) is 10.2. The average molecular weight is 479 g/mol. The Morgan fingerprint density at radius 1 is 1.18 bits per heavy atom. The van der Waals surface area contributed by atoms with Crippen LogP contribution in [0.25, 0.3) is 0 Å². The highest BCUT2D eigenvalue weighted by Gasteiger charge is 2.45. The summed E-state index contributed by atoms with van der Waals surface area (Å²) in [7, 11) is -3.18. The highest BCUT2D eigenvalue weighted by molar-refractivity contribution is 7.91. The van der Waals surface area contributed by atoms with Gasteiger partial charge in [-0.2, -0.15) is 8.78 Å². The van der Waals surface area contributed by atoms with Crippen LogP contribution in [-0.4, -0.2) is 44.4 Å². The second kappa shape index (κ2) is 8.09. The fraction of sp³-hybridized carbons (Fsp3) is 0.391. The summed E-state index contributed by atoms with van der Waals surface area (Å²) in [5.41, 5.74) is 0.838. The first-order chi connectivity index (χ1) is 15.4. The summed E-state index contributed by atoms with van der Waals surface area (Å²) >= 11 is 0. The zero-order chi connectivity index (χ0) is 24.1. The zero-order valence-electron chi connectivity index (χ0n) is 18.3. The van der Waals surface area contributed by atoms with Crippen LogP contribution in [0.2, 0.25) is 0 Å². The van der Waals surface area contributed by atoms with Crippen molar-refractivity contribution in [3.05, 3.63) is 53.6 Å². The number of anilines is 2. The van der Waals surface area contributed by atoms with Crippen molar-refractivity contribution >= 4 is 33.0 Å². The molecule has 176 valence electrons. The number of halogens is 2. The first-order valence-corrected chi connectivity index (χ1v) is 12.3. The maximum absolute atomic E-state index is 13.3. The van der Waals surface area contributed by atoms with Crippen LogP contribution in [0.3, 0.4) is 0 Å². The van der Waals surface area contributed by atoms with E-state index in [9.17, 15) is 26.8 Å². The molecule has 0 aliphatic carbocycles. The lowest BCUT2D eigenvalue weighted by Gasteiger charge is -2.21. The molecule has 1 N–H and O–H groups in total. The maximum Gasteiger partial charge on any atom is 0.387 e. The Balaban J connectivity index is 1.65. The van der Waals surface area contributed by atoms with Crippen molar-refractivity contribution < 1.29 is 31.5 Å². The van der Waals surface area contributed by atoms with E-state index < -0.39 is 33.8 Å². The van der Waals surface area contributed by atoms with Gasteiger partial charge in [-0.05, 0) is 55.7 Å². The van der Waals surface area contributed by atoms with Crippen molar-refractivity contribution in [3.63, 3.8) is 0 Å². The van der Waals surface area contributed by atoms with Gasteiger partial charge in [0.1, 0.15) is 5.75 Å². The maximum atomic E-state index is 13.3. The summed E-state index contributed by atoms with van der Waals surface area (Å²) in [5.74, 6) is -1.02. The van der Waals surface area contributed by atoms with Crippen LogP contribution in [0, 0.1) is 5.92 Å². The fourth-order valence-electron chi connectivity index (χ4n) is 4.39. The fourth-order valence-corrected chi connectivity index (χ4v) is 6.52. The Hall–Kier alpha value is -3.01. The Morgan fingerprint density at radius 2 is 1.91 bits per heavy atom. The summed E-state index contributed by atoms with van der Waals surface area (Å²) in [5, 5.41) is 2.79. The normalized spacial score (nSPS) is 23.0. The number of benzene rings is 2. The van der Waals surface area contributed by atoms with Crippen LogP contribution in [0.5, 0.6) is 5.75 Å². The number of hydrogen-bond donors (Lipinski definition) is 1. The van der Waals surface area contributed by atoms with Gasteiger partial charge in [0.15, 0.2) is 9.84 Å². The summed E-state index contributed by atoms with van der Waals surface area (Å²) in [6.07, 6.45) is 0. The molecule has 10 heteroatoms. The van der Waals surface area contributed by atoms with E-state index >= 15 is 0 Å². The van der Waals surface area contributed by atoms with Crippen molar-refractivity contribution in [1.29, 1.82) is 0 Å². The Bertz CT molecular complexity index is 1230. The summed E-state index contributed by atoms with van der Waals surface area (Å²) in [6.45, 7) is 2.24. The van der Waals surface area contributed by atoms with Crippen LogP contribution in [0.4, 0.5) is 20.2 Å². The van der Waals surface area contributed by atoms with Gasteiger partial charge in [0.2, 0.25) is 5.91 Å². The number of carbonyl (C=O) groups excluding carboxylic acids is 2. The largest absolute Gasteiger partial charge is 0.435 e. The summed E-state index contributed by atoms with van der Waals surface area (Å²) in [4.78, 5) is 27.5. The van der Waals surface area contributed by atoms with E-state index in [0.29, 0.717) is 22.5 Å².